The molecule has 0 saturated carbocycles. The summed E-state index contributed by atoms with van der Waals surface area (Å²) < 4.78 is 85.1. The molecule has 0 aliphatic carbocycles. The second kappa shape index (κ2) is 12.2. The SMILES string of the molecule is Nc1cc(N)cc(C(=O)O)c1.O=C(O)c1ccc(C(c2ccc(C(=O)O)c(C(=O)O)c2)(C(F)(F)F)C(F)(F)F)cc1C(=O)O. The number of carboxylic acid groups (broad SMARTS) is 5. The van der Waals surface area contributed by atoms with Gasteiger partial charge in [0.25, 0.3) is 0 Å². The highest BCUT2D eigenvalue weighted by atomic mass is 19.4. The zero-order chi connectivity index (χ0) is 33.9. The Kier molecular flexibility index (Phi) is 9.53. The van der Waals surface area contributed by atoms with Crippen LogP contribution in [0.15, 0.2) is 54.6 Å². The highest BCUT2D eigenvalue weighted by molar-refractivity contribution is 6.03. The summed E-state index contributed by atoms with van der Waals surface area (Å²) in [5.74, 6) is -9.19. The van der Waals surface area contributed by atoms with Crippen LogP contribution in [-0.4, -0.2) is 67.7 Å². The average Bonchev–Trinajstić information content (AvgIpc) is 2.86. The highest BCUT2D eigenvalue weighted by Gasteiger charge is 2.72. The summed E-state index contributed by atoms with van der Waals surface area (Å²) in [7, 11) is 0. The van der Waals surface area contributed by atoms with Crippen molar-refractivity contribution in [1.82, 2.24) is 0 Å². The van der Waals surface area contributed by atoms with Crippen molar-refractivity contribution in [2.24, 2.45) is 0 Å². The maximum Gasteiger partial charge on any atom is 0.411 e. The van der Waals surface area contributed by atoms with Crippen LogP contribution in [0.1, 0.15) is 62.9 Å². The summed E-state index contributed by atoms with van der Waals surface area (Å²) >= 11 is 0. The Hall–Kier alpha value is -5.81. The van der Waals surface area contributed by atoms with E-state index in [-0.39, 0.29) is 42.0 Å². The maximum absolute atomic E-state index is 14.2. The molecule has 0 bridgehead atoms. The third-order valence-electron chi connectivity index (χ3n) is 5.90. The Morgan fingerprint density at radius 1 is 0.477 bits per heavy atom. The van der Waals surface area contributed by atoms with Crippen LogP contribution in [0.3, 0.4) is 0 Å². The Bertz CT molecular complexity index is 1560. The van der Waals surface area contributed by atoms with Crippen LogP contribution in [0.5, 0.6) is 0 Å². The lowest BCUT2D eigenvalue weighted by Crippen LogP contribution is -2.55. The van der Waals surface area contributed by atoms with Crippen molar-refractivity contribution in [2.45, 2.75) is 17.8 Å². The number of nitrogens with two attached hydrogens (primary N) is 2. The van der Waals surface area contributed by atoms with Gasteiger partial charge in [0.15, 0.2) is 0 Å². The molecule has 0 unspecified atom stereocenters. The van der Waals surface area contributed by atoms with E-state index < -0.39 is 81.0 Å². The largest absolute Gasteiger partial charge is 0.478 e. The molecule has 0 amide bonds. The topological polar surface area (TPSA) is 239 Å². The average molecular weight is 632 g/mol. The van der Waals surface area contributed by atoms with Crippen LogP contribution in [0.2, 0.25) is 0 Å². The van der Waals surface area contributed by atoms with E-state index >= 15 is 0 Å². The van der Waals surface area contributed by atoms with Gasteiger partial charge in [0.05, 0.1) is 27.8 Å². The molecule has 0 saturated heterocycles. The summed E-state index contributed by atoms with van der Waals surface area (Å²) in [6.45, 7) is 0. The molecule has 0 spiro atoms. The van der Waals surface area contributed by atoms with Crippen molar-refractivity contribution in [3.05, 3.63) is 93.5 Å². The molecule has 0 atom stereocenters. The number of alkyl halides is 6. The summed E-state index contributed by atoms with van der Waals surface area (Å²) in [5, 5.41) is 44.8. The molecule has 0 heterocycles. The summed E-state index contributed by atoms with van der Waals surface area (Å²) in [6.07, 6.45) is -12.5. The van der Waals surface area contributed by atoms with Crippen molar-refractivity contribution in [3.63, 3.8) is 0 Å². The lowest BCUT2D eigenvalue weighted by atomic mass is 9.71. The van der Waals surface area contributed by atoms with E-state index in [4.69, 9.17) is 37.0 Å². The van der Waals surface area contributed by atoms with Crippen LogP contribution in [-0.2, 0) is 5.41 Å². The third kappa shape index (κ3) is 6.63. The first-order valence-electron chi connectivity index (χ1n) is 11.3. The van der Waals surface area contributed by atoms with Crippen molar-refractivity contribution in [3.8, 4) is 0 Å². The number of halogens is 6. The number of rotatable bonds is 7. The minimum atomic E-state index is -6.27. The minimum absolute atomic E-state index is 0.0996. The number of aromatic carboxylic acids is 5. The molecule has 0 aliphatic rings. The molecule has 0 radical (unpaired) electrons. The quantitative estimate of drug-likeness (QED) is 0.141. The molecule has 0 fully saturated rings. The number of benzene rings is 3. The number of anilines is 2. The lowest BCUT2D eigenvalue weighted by Gasteiger charge is -2.38. The fraction of sp³-hybridized carbons (Fsp3) is 0.115. The number of hydrogen-bond donors (Lipinski definition) is 7. The maximum atomic E-state index is 14.2. The van der Waals surface area contributed by atoms with E-state index in [1.54, 1.807) is 0 Å². The molecule has 0 aliphatic heterocycles. The zero-order valence-corrected chi connectivity index (χ0v) is 21.4. The van der Waals surface area contributed by atoms with E-state index in [1.165, 1.54) is 18.2 Å². The van der Waals surface area contributed by atoms with E-state index in [0.717, 1.165) is 0 Å². The van der Waals surface area contributed by atoms with Crippen LogP contribution >= 0.6 is 0 Å². The predicted octanol–water partition coefficient (Wildman–Crippen LogP) is 4.44. The molecule has 18 heteroatoms. The van der Waals surface area contributed by atoms with Gasteiger partial charge >= 0.3 is 42.2 Å². The van der Waals surface area contributed by atoms with Gasteiger partial charge in [-0.3, -0.25) is 0 Å². The first kappa shape index (κ1) is 34.4. The van der Waals surface area contributed by atoms with Gasteiger partial charge in [-0.1, -0.05) is 12.1 Å². The van der Waals surface area contributed by atoms with Crippen molar-refractivity contribution >= 4 is 41.2 Å². The first-order chi connectivity index (χ1) is 20.1. The van der Waals surface area contributed by atoms with E-state index in [1.807, 2.05) is 0 Å². The normalized spacial score (nSPS) is 11.6. The van der Waals surface area contributed by atoms with Gasteiger partial charge in [-0.25, -0.2) is 24.0 Å². The highest BCUT2D eigenvalue weighted by Crippen LogP contribution is 2.56. The Morgan fingerprint density at radius 2 is 0.795 bits per heavy atom. The van der Waals surface area contributed by atoms with E-state index in [9.17, 15) is 50.3 Å². The molecule has 0 aromatic heterocycles. The van der Waals surface area contributed by atoms with Crippen molar-refractivity contribution in [1.29, 1.82) is 0 Å². The lowest BCUT2D eigenvalue weighted by molar-refractivity contribution is -0.288. The Morgan fingerprint density at radius 3 is 1.05 bits per heavy atom. The molecule has 3 aromatic rings. The van der Waals surface area contributed by atoms with Crippen molar-refractivity contribution < 1.29 is 75.8 Å². The smallest absolute Gasteiger partial charge is 0.411 e. The van der Waals surface area contributed by atoms with E-state index in [0.29, 0.717) is 11.4 Å². The fourth-order valence-electron chi connectivity index (χ4n) is 4.06. The molecule has 9 N–H and O–H groups in total. The molecule has 12 nitrogen and oxygen atoms in total. The number of carboxylic acids is 5. The molecule has 3 aromatic carbocycles. The van der Waals surface area contributed by atoms with Crippen molar-refractivity contribution in [2.75, 3.05) is 11.5 Å². The summed E-state index contributed by atoms with van der Waals surface area (Å²) in [6, 6.07) is 4.64. The molecular weight excluding hydrogens is 614 g/mol. The summed E-state index contributed by atoms with van der Waals surface area (Å²) in [4.78, 5) is 55.4. The first-order valence-corrected chi connectivity index (χ1v) is 11.3. The second-order valence-electron chi connectivity index (χ2n) is 8.68. The van der Waals surface area contributed by atoms with Gasteiger partial charge < -0.3 is 37.0 Å². The van der Waals surface area contributed by atoms with Crippen LogP contribution in [0.25, 0.3) is 0 Å². The Labute approximate surface area is 240 Å². The van der Waals surface area contributed by atoms with Gasteiger partial charge in [0, 0.05) is 11.4 Å². The fourth-order valence-corrected chi connectivity index (χ4v) is 4.06. The zero-order valence-electron chi connectivity index (χ0n) is 21.4. The predicted molar refractivity (Wildman–Crippen MR) is 136 cm³/mol. The van der Waals surface area contributed by atoms with Gasteiger partial charge in [-0.2, -0.15) is 26.3 Å². The van der Waals surface area contributed by atoms with Gasteiger partial charge in [0.2, 0.25) is 5.41 Å². The minimum Gasteiger partial charge on any atom is -0.478 e. The molecule has 3 rings (SSSR count). The number of nitrogen functional groups attached to an aromatic ring is 2. The number of carbonyl (C=O) groups is 5. The molecule has 234 valence electrons. The number of hydrogen-bond acceptors (Lipinski definition) is 7. The van der Waals surface area contributed by atoms with E-state index in [2.05, 4.69) is 0 Å². The standard InChI is InChI=1S/C19H10F6O8.C7H8N2O2/c20-18(21,22)17(19(23,24)25,7-1-3-9(13(26)27)11(5-7)15(30)31)8-2-4-10(14(28)29)12(6-8)16(32)33;8-5-1-4(7(10)11)2-6(9)3-5/h1-6H,(H,26,27)(H,28,29)(H,30,31)(H,32,33);1-3H,8-9H2,(H,10,11). The molecule has 44 heavy (non-hydrogen) atoms. The van der Waals surface area contributed by atoms with Crippen LogP contribution in [0, 0.1) is 0 Å². The van der Waals surface area contributed by atoms with Crippen LogP contribution in [0.4, 0.5) is 37.7 Å². The Balaban J connectivity index is 0.000000514. The molecular formula is C26H18F6N2O10. The van der Waals surface area contributed by atoms with Crippen LogP contribution < -0.4 is 11.5 Å². The summed E-state index contributed by atoms with van der Waals surface area (Å²) in [5.41, 5.74) is -2.02. The second-order valence-corrected chi connectivity index (χ2v) is 8.68. The monoisotopic (exact) mass is 632 g/mol. The third-order valence-corrected chi connectivity index (χ3v) is 5.90. The van der Waals surface area contributed by atoms with Gasteiger partial charge in [0.1, 0.15) is 0 Å². The van der Waals surface area contributed by atoms with Gasteiger partial charge in [-0.05, 0) is 53.6 Å². The van der Waals surface area contributed by atoms with Gasteiger partial charge in [-0.15, -0.1) is 0 Å².